The van der Waals surface area contributed by atoms with E-state index in [2.05, 4.69) is 33.4 Å². The predicted octanol–water partition coefficient (Wildman–Crippen LogP) is 2.23. The zero-order valence-corrected chi connectivity index (χ0v) is 7.55. The van der Waals surface area contributed by atoms with E-state index in [0.29, 0.717) is 0 Å². The summed E-state index contributed by atoms with van der Waals surface area (Å²) in [6.07, 6.45) is 0. The van der Waals surface area contributed by atoms with E-state index in [9.17, 15) is 0 Å². The molecule has 1 heterocycles. The lowest BCUT2D eigenvalue weighted by Crippen LogP contribution is -2.02. The van der Waals surface area contributed by atoms with Gasteiger partial charge in [0.1, 0.15) is 0 Å². The summed E-state index contributed by atoms with van der Waals surface area (Å²) in [5.41, 5.74) is 0. The van der Waals surface area contributed by atoms with Crippen molar-refractivity contribution in [3.05, 3.63) is 20.8 Å². The van der Waals surface area contributed by atoms with Gasteiger partial charge in [-0.3, -0.25) is 0 Å². The maximum Gasteiger partial charge on any atom is 0.0701 e. The summed E-state index contributed by atoms with van der Waals surface area (Å²) in [6.45, 7) is 0.969. The number of rotatable bonds is 2. The molecular formula is C6H8BrNS. The molecule has 0 bridgehead atoms. The number of hydrogen-bond acceptors (Lipinski definition) is 2. The summed E-state index contributed by atoms with van der Waals surface area (Å²) in [7, 11) is 1.95. The topological polar surface area (TPSA) is 12.0 Å². The second-order valence-corrected chi connectivity index (χ2v) is 4.28. The number of hydrogen-bond donors (Lipinski definition) is 1. The molecule has 1 N–H and O–H groups in total. The molecule has 0 unspecified atom stereocenters. The van der Waals surface area contributed by atoms with Crippen molar-refractivity contribution in [1.82, 2.24) is 5.32 Å². The molecule has 0 atom stereocenters. The van der Waals surface area contributed by atoms with Crippen LogP contribution < -0.4 is 5.32 Å². The average molecular weight is 206 g/mol. The highest BCUT2D eigenvalue weighted by atomic mass is 79.9. The van der Waals surface area contributed by atoms with E-state index >= 15 is 0 Å². The van der Waals surface area contributed by atoms with Gasteiger partial charge in [0.05, 0.1) is 3.79 Å². The largest absolute Gasteiger partial charge is 0.315 e. The van der Waals surface area contributed by atoms with E-state index in [1.54, 1.807) is 11.3 Å². The molecule has 0 saturated carbocycles. The van der Waals surface area contributed by atoms with Crippen molar-refractivity contribution in [3.8, 4) is 0 Å². The molecule has 0 aromatic carbocycles. The van der Waals surface area contributed by atoms with Crippen LogP contribution in [0.15, 0.2) is 15.9 Å². The molecule has 1 aromatic rings. The Hall–Kier alpha value is 0.140. The van der Waals surface area contributed by atoms with Gasteiger partial charge in [0.15, 0.2) is 0 Å². The summed E-state index contributed by atoms with van der Waals surface area (Å²) < 4.78 is 1.20. The molecule has 1 nitrogen and oxygen atoms in total. The maximum atomic E-state index is 3.39. The molecule has 0 aliphatic carbocycles. The quantitative estimate of drug-likeness (QED) is 0.782. The molecule has 3 heteroatoms. The van der Waals surface area contributed by atoms with Crippen molar-refractivity contribution in [2.45, 2.75) is 6.54 Å². The Kier molecular flexibility index (Phi) is 2.69. The van der Waals surface area contributed by atoms with Gasteiger partial charge in [-0.2, -0.15) is 0 Å². The Morgan fingerprint density at radius 1 is 1.67 bits per heavy atom. The lowest BCUT2D eigenvalue weighted by Gasteiger charge is -1.89. The van der Waals surface area contributed by atoms with Crippen LogP contribution in [0.1, 0.15) is 4.88 Å². The smallest absolute Gasteiger partial charge is 0.0701 e. The third-order valence-corrected chi connectivity index (χ3v) is 2.60. The second kappa shape index (κ2) is 3.34. The highest BCUT2D eigenvalue weighted by Gasteiger charge is 1.93. The molecule has 1 aromatic heterocycles. The highest BCUT2D eigenvalue weighted by molar-refractivity contribution is 9.11. The van der Waals surface area contributed by atoms with Crippen LogP contribution in [-0.2, 0) is 6.54 Å². The van der Waals surface area contributed by atoms with Crippen molar-refractivity contribution < 1.29 is 0 Å². The van der Waals surface area contributed by atoms with Crippen LogP contribution in [0.2, 0.25) is 0 Å². The minimum atomic E-state index is 0.969. The van der Waals surface area contributed by atoms with Crippen LogP contribution >= 0.6 is 27.3 Å². The lowest BCUT2D eigenvalue weighted by atomic mass is 10.5. The van der Waals surface area contributed by atoms with E-state index < -0.39 is 0 Å². The van der Waals surface area contributed by atoms with Gasteiger partial charge in [-0.15, -0.1) is 11.3 Å². The fourth-order valence-electron chi connectivity index (χ4n) is 0.621. The number of thiophene rings is 1. The normalized spacial score (nSPS) is 10.0. The van der Waals surface area contributed by atoms with Crippen molar-refractivity contribution in [1.29, 1.82) is 0 Å². The second-order valence-electron chi connectivity index (χ2n) is 1.74. The predicted molar refractivity (Wildman–Crippen MR) is 44.8 cm³/mol. The molecule has 0 spiro atoms. The Morgan fingerprint density at radius 2 is 2.44 bits per heavy atom. The number of halogens is 1. The summed E-state index contributed by atoms with van der Waals surface area (Å²) in [4.78, 5) is 1.37. The Morgan fingerprint density at radius 3 is 2.89 bits per heavy atom. The van der Waals surface area contributed by atoms with Gasteiger partial charge in [-0.05, 0) is 35.1 Å². The zero-order valence-electron chi connectivity index (χ0n) is 5.15. The first-order chi connectivity index (χ1) is 4.33. The first kappa shape index (κ1) is 7.25. The molecule has 0 fully saturated rings. The third-order valence-electron chi connectivity index (χ3n) is 0.980. The van der Waals surface area contributed by atoms with E-state index in [-0.39, 0.29) is 0 Å². The van der Waals surface area contributed by atoms with E-state index in [1.165, 1.54) is 8.66 Å². The lowest BCUT2D eigenvalue weighted by molar-refractivity contribution is 0.831. The molecule has 50 valence electrons. The van der Waals surface area contributed by atoms with Crippen LogP contribution in [0.5, 0.6) is 0 Å². The van der Waals surface area contributed by atoms with Crippen molar-refractivity contribution in [2.75, 3.05) is 7.05 Å². The van der Waals surface area contributed by atoms with Gasteiger partial charge in [-0.1, -0.05) is 0 Å². The first-order valence-electron chi connectivity index (χ1n) is 2.72. The van der Waals surface area contributed by atoms with Gasteiger partial charge in [0, 0.05) is 11.4 Å². The summed E-state index contributed by atoms with van der Waals surface area (Å²) in [5, 5.41) is 3.09. The molecule has 0 aliphatic rings. The monoisotopic (exact) mass is 205 g/mol. The Balaban J connectivity index is 2.61. The Labute approximate surface area is 67.2 Å². The van der Waals surface area contributed by atoms with Crippen molar-refractivity contribution in [2.24, 2.45) is 0 Å². The molecule has 0 aliphatic heterocycles. The van der Waals surface area contributed by atoms with Crippen LogP contribution in [0.4, 0.5) is 0 Å². The average Bonchev–Trinajstić information content (AvgIpc) is 2.17. The van der Waals surface area contributed by atoms with E-state index in [4.69, 9.17) is 0 Å². The van der Waals surface area contributed by atoms with Crippen LogP contribution in [0.25, 0.3) is 0 Å². The van der Waals surface area contributed by atoms with Crippen LogP contribution in [0, 0.1) is 0 Å². The van der Waals surface area contributed by atoms with Gasteiger partial charge >= 0.3 is 0 Å². The van der Waals surface area contributed by atoms with Crippen LogP contribution in [-0.4, -0.2) is 7.05 Å². The van der Waals surface area contributed by atoms with Gasteiger partial charge in [0.2, 0.25) is 0 Å². The molecule has 0 saturated heterocycles. The minimum absolute atomic E-state index is 0.969. The van der Waals surface area contributed by atoms with Gasteiger partial charge in [0.25, 0.3) is 0 Å². The van der Waals surface area contributed by atoms with Gasteiger partial charge in [-0.25, -0.2) is 0 Å². The minimum Gasteiger partial charge on any atom is -0.315 e. The first-order valence-corrected chi connectivity index (χ1v) is 4.32. The standard InChI is InChI=1S/C6H8BrNS/c1-8-4-5-2-3-6(7)9-5/h2-3,8H,4H2,1H3. The molecule has 1 rings (SSSR count). The SMILES string of the molecule is CNCc1ccc(Br)s1. The van der Waals surface area contributed by atoms with Crippen LogP contribution in [0.3, 0.4) is 0 Å². The summed E-state index contributed by atoms with van der Waals surface area (Å²) in [6, 6.07) is 4.18. The third kappa shape index (κ3) is 2.08. The maximum absolute atomic E-state index is 3.39. The van der Waals surface area contributed by atoms with Gasteiger partial charge < -0.3 is 5.32 Å². The number of nitrogens with one attached hydrogen (secondary N) is 1. The molecule has 0 amide bonds. The van der Waals surface area contributed by atoms with E-state index in [0.717, 1.165) is 6.54 Å². The Bertz CT molecular complexity index is 185. The molecule has 9 heavy (non-hydrogen) atoms. The fraction of sp³-hybridized carbons (Fsp3) is 0.333. The van der Waals surface area contributed by atoms with Crippen molar-refractivity contribution in [3.63, 3.8) is 0 Å². The van der Waals surface area contributed by atoms with E-state index in [1.807, 2.05) is 7.05 Å². The molecule has 0 radical (unpaired) electrons. The van der Waals surface area contributed by atoms with Crippen molar-refractivity contribution >= 4 is 27.3 Å². The fourth-order valence-corrected chi connectivity index (χ4v) is 2.12. The molecular weight excluding hydrogens is 198 g/mol. The highest BCUT2D eigenvalue weighted by Crippen LogP contribution is 2.21. The summed E-state index contributed by atoms with van der Waals surface area (Å²) >= 11 is 5.16. The summed E-state index contributed by atoms with van der Waals surface area (Å²) in [5.74, 6) is 0. The zero-order chi connectivity index (χ0) is 6.69.